The van der Waals surface area contributed by atoms with Crippen LogP contribution in [0.2, 0.25) is 5.02 Å². The molecule has 1 aliphatic heterocycles. The average molecular weight is 227 g/mol. The molecule has 15 heavy (non-hydrogen) atoms. The smallest absolute Gasteiger partial charge is 0.250 e. The van der Waals surface area contributed by atoms with E-state index in [1.165, 1.54) is 18.2 Å². The molecule has 0 spiro atoms. The summed E-state index contributed by atoms with van der Waals surface area (Å²) in [6.45, 7) is 1.69. The van der Waals surface area contributed by atoms with Crippen molar-refractivity contribution < 1.29 is 9.18 Å². The lowest BCUT2D eigenvalue weighted by Gasteiger charge is -2.01. The topological polar surface area (TPSA) is 41.5 Å². The number of hydrogen-bond donors (Lipinski definition) is 1. The van der Waals surface area contributed by atoms with Gasteiger partial charge in [-0.25, -0.2) is 4.39 Å². The molecule has 0 radical (unpaired) electrons. The molecule has 0 saturated heterocycles. The van der Waals surface area contributed by atoms with E-state index in [1.807, 2.05) is 0 Å². The summed E-state index contributed by atoms with van der Waals surface area (Å²) in [5.74, 6) is -0.210. The van der Waals surface area contributed by atoms with Gasteiger partial charge in [0, 0.05) is 5.56 Å². The van der Waals surface area contributed by atoms with Crippen molar-refractivity contribution in [3.63, 3.8) is 0 Å². The second-order valence-electron chi connectivity index (χ2n) is 3.27. The zero-order valence-electron chi connectivity index (χ0n) is 7.92. The van der Waals surface area contributed by atoms with Gasteiger partial charge in [-0.3, -0.25) is 9.79 Å². The maximum Gasteiger partial charge on any atom is 0.250 e. The molecule has 1 unspecified atom stereocenters. The first-order valence-corrected chi connectivity index (χ1v) is 4.80. The number of rotatable bonds is 1. The minimum absolute atomic E-state index is 0.0176. The van der Waals surface area contributed by atoms with Crippen LogP contribution < -0.4 is 5.32 Å². The molecule has 5 heteroatoms. The Kier molecular flexibility index (Phi) is 2.44. The Balaban J connectivity index is 2.35. The third-order valence-electron chi connectivity index (χ3n) is 2.14. The Bertz CT molecular complexity index is 459. The molecule has 1 aromatic rings. The van der Waals surface area contributed by atoms with Gasteiger partial charge in [-0.1, -0.05) is 11.6 Å². The number of amidine groups is 1. The number of nitrogens with one attached hydrogen (secondary N) is 1. The highest BCUT2D eigenvalue weighted by atomic mass is 35.5. The first-order chi connectivity index (χ1) is 7.08. The van der Waals surface area contributed by atoms with E-state index in [0.717, 1.165) is 0 Å². The second kappa shape index (κ2) is 3.62. The second-order valence-corrected chi connectivity index (χ2v) is 3.68. The molecular weight excluding hydrogens is 219 g/mol. The zero-order chi connectivity index (χ0) is 11.0. The predicted molar refractivity (Wildman–Crippen MR) is 55.6 cm³/mol. The predicted octanol–water partition coefficient (Wildman–Crippen LogP) is 1.74. The summed E-state index contributed by atoms with van der Waals surface area (Å²) in [4.78, 5) is 15.3. The summed E-state index contributed by atoms with van der Waals surface area (Å²) in [6.07, 6.45) is 0. The standard InChI is InChI=1S/C10H8ClFN2O/c1-5-10(15)14-9(13-5)6-2-3-8(12)7(11)4-6/h2-5H,1H3,(H,13,14,15). The van der Waals surface area contributed by atoms with Gasteiger partial charge in [0.05, 0.1) is 5.02 Å². The number of carbonyl (C=O) groups is 1. The number of benzene rings is 1. The highest BCUT2D eigenvalue weighted by molar-refractivity contribution is 6.31. The summed E-state index contributed by atoms with van der Waals surface area (Å²) in [5, 5.41) is 2.61. The fourth-order valence-electron chi connectivity index (χ4n) is 1.30. The third-order valence-corrected chi connectivity index (χ3v) is 2.43. The number of aliphatic imine (C=N–C) groups is 1. The first-order valence-electron chi connectivity index (χ1n) is 4.42. The zero-order valence-corrected chi connectivity index (χ0v) is 8.68. The number of amides is 1. The molecule has 1 atom stereocenters. The molecular formula is C10H8ClFN2O. The Morgan fingerprint density at radius 1 is 1.53 bits per heavy atom. The SMILES string of the molecule is CC1N=C(c2ccc(F)c(Cl)c2)NC1=O. The molecule has 0 aliphatic carbocycles. The van der Waals surface area contributed by atoms with Gasteiger partial charge in [-0.05, 0) is 25.1 Å². The Labute approximate surface area is 91.0 Å². The number of hydrogen-bond acceptors (Lipinski definition) is 2. The molecule has 0 fully saturated rings. The van der Waals surface area contributed by atoms with Crippen molar-refractivity contribution in [3.05, 3.63) is 34.6 Å². The van der Waals surface area contributed by atoms with Crippen molar-refractivity contribution in [2.24, 2.45) is 4.99 Å². The van der Waals surface area contributed by atoms with Gasteiger partial charge in [-0.2, -0.15) is 0 Å². The van der Waals surface area contributed by atoms with Crippen LogP contribution in [0.5, 0.6) is 0 Å². The maximum atomic E-state index is 12.9. The van der Waals surface area contributed by atoms with Gasteiger partial charge in [0.15, 0.2) is 0 Å². The van der Waals surface area contributed by atoms with Crippen molar-refractivity contribution >= 4 is 23.3 Å². The quantitative estimate of drug-likeness (QED) is 0.779. The summed E-state index contributed by atoms with van der Waals surface area (Å²) >= 11 is 5.62. The van der Waals surface area contributed by atoms with Crippen LogP contribution in [-0.2, 0) is 4.79 Å². The minimum atomic E-state index is -0.488. The molecule has 1 N–H and O–H groups in total. The molecule has 0 saturated carbocycles. The van der Waals surface area contributed by atoms with Crippen LogP contribution in [0.3, 0.4) is 0 Å². The van der Waals surface area contributed by atoms with Crippen LogP contribution >= 0.6 is 11.6 Å². The van der Waals surface area contributed by atoms with E-state index in [0.29, 0.717) is 11.4 Å². The summed E-state index contributed by atoms with van der Waals surface area (Å²) in [5.41, 5.74) is 0.610. The molecule has 78 valence electrons. The van der Waals surface area contributed by atoms with E-state index in [1.54, 1.807) is 6.92 Å². The summed E-state index contributed by atoms with van der Waals surface area (Å²) in [6, 6.07) is 3.81. The van der Waals surface area contributed by atoms with Gasteiger partial charge in [0.2, 0.25) is 5.91 Å². The molecule has 0 aromatic heterocycles. The van der Waals surface area contributed by atoms with E-state index in [9.17, 15) is 9.18 Å². The van der Waals surface area contributed by atoms with Crippen molar-refractivity contribution in [3.8, 4) is 0 Å². The van der Waals surface area contributed by atoms with Crippen molar-refractivity contribution in [2.75, 3.05) is 0 Å². The molecule has 1 heterocycles. The molecule has 2 rings (SSSR count). The van der Waals surface area contributed by atoms with E-state index >= 15 is 0 Å². The minimum Gasteiger partial charge on any atom is -0.309 e. The summed E-state index contributed by atoms with van der Waals surface area (Å²) < 4.78 is 12.9. The van der Waals surface area contributed by atoms with Gasteiger partial charge < -0.3 is 5.32 Å². The third kappa shape index (κ3) is 1.85. The number of halogens is 2. The van der Waals surface area contributed by atoms with Crippen LogP contribution in [-0.4, -0.2) is 17.8 Å². The Morgan fingerprint density at radius 3 is 2.80 bits per heavy atom. The Morgan fingerprint density at radius 2 is 2.27 bits per heavy atom. The lowest BCUT2D eigenvalue weighted by atomic mass is 10.2. The van der Waals surface area contributed by atoms with Crippen LogP contribution in [0.1, 0.15) is 12.5 Å². The fraction of sp³-hybridized carbons (Fsp3) is 0.200. The van der Waals surface area contributed by atoms with Crippen molar-refractivity contribution in [2.45, 2.75) is 13.0 Å². The monoisotopic (exact) mass is 226 g/mol. The summed E-state index contributed by atoms with van der Waals surface area (Å²) in [7, 11) is 0. The van der Waals surface area contributed by atoms with Gasteiger partial charge in [0.25, 0.3) is 0 Å². The molecule has 0 bridgehead atoms. The number of carbonyl (C=O) groups excluding carboxylic acids is 1. The van der Waals surface area contributed by atoms with Crippen LogP contribution in [0.25, 0.3) is 0 Å². The average Bonchev–Trinajstić information content (AvgIpc) is 2.52. The molecule has 3 nitrogen and oxygen atoms in total. The molecule has 1 amide bonds. The normalized spacial score (nSPS) is 20.1. The van der Waals surface area contributed by atoms with Crippen molar-refractivity contribution in [1.82, 2.24) is 5.32 Å². The van der Waals surface area contributed by atoms with Gasteiger partial charge in [0.1, 0.15) is 17.7 Å². The lowest BCUT2D eigenvalue weighted by molar-refractivity contribution is -0.119. The Hall–Kier alpha value is -1.42. The van der Waals surface area contributed by atoms with Gasteiger partial charge >= 0.3 is 0 Å². The highest BCUT2D eigenvalue weighted by Gasteiger charge is 2.22. The number of nitrogens with zero attached hydrogens (tertiary/aromatic N) is 1. The van der Waals surface area contributed by atoms with Crippen LogP contribution in [0.15, 0.2) is 23.2 Å². The van der Waals surface area contributed by atoms with E-state index < -0.39 is 11.9 Å². The van der Waals surface area contributed by atoms with E-state index in [2.05, 4.69) is 10.3 Å². The highest BCUT2D eigenvalue weighted by Crippen LogP contribution is 2.17. The fourth-order valence-corrected chi connectivity index (χ4v) is 1.48. The van der Waals surface area contributed by atoms with Crippen LogP contribution in [0.4, 0.5) is 4.39 Å². The van der Waals surface area contributed by atoms with Crippen LogP contribution in [0, 0.1) is 5.82 Å². The first kappa shape index (κ1) is 10.1. The molecule has 1 aliphatic rings. The largest absolute Gasteiger partial charge is 0.309 e. The van der Waals surface area contributed by atoms with Crippen molar-refractivity contribution in [1.29, 1.82) is 0 Å². The van der Waals surface area contributed by atoms with E-state index in [4.69, 9.17) is 11.6 Å². The van der Waals surface area contributed by atoms with Gasteiger partial charge in [-0.15, -0.1) is 0 Å². The molecule has 1 aromatic carbocycles. The lowest BCUT2D eigenvalue weighted by Crippen LogP contribution is -2.27. The maximum absolute atomic E-state index is 12.9. The van der Waals surface area contributed by atoms with E-state index in [-0.39, 0.29) is 10.9 Å².